The lowest BCUT2D eigenvalue weighted by Gasteiger charge is -2.31. The van der Waals surface area contributed by atoms with Crippen LogP contribution in [0.25, 0.3) is 6.08 Å². The molecule has 0 atom stereocenters. The van der Waals surface area contributed by atoms with Crippen LogP contribution in [0.2, 0.25) is 0 Å². The van der Waals surface area contributed by atoms with Crippen molar-refractivity contribution in [1.82, 2.24) is 4.31 Å². The van der Waals surface area contributed by atoms with Gasteiger partial charge in [0, 0.05) is 12.6 Å². The van der Waals surface area contributed by atoms with E-state index in [0.717, 1.165) is 43.2 Å². The molecule has 1 aliphatic rings. The molecule has 110 valence electrons. The van der Waals surface area contributed by atoms with Crippen LogP contribution in [0, 0.1) is 0 Å². The zero-order valence-corrected chi connectivity index (χ0v) is 12.3. The van der Waals surface area contributed by atoms with Crippen molar-refractivity contribution in [2.24, 2.45) is 0 Å². The molecule has 0 spiro atoms. The summed E-state index contributed by atoms with van der Waals surface area (Å²) in [5, 5.41) is 0. The molecule has 0 saturated heterocycles. The molecule has 1 aromatic rings. The van der Waals surface area contributed by atoms with E-state index in [-0.39, 0.29) is 12.6 Å². The first kappa shape index (κ1) is 15.2. The van der Waals surface area contributed by atoms with Gasteiger partial charge in [0.15, 0.2) is 0 Å². The molecule has 1 fully saturated rings. The van der Waals surface area contributed by atoms with Gasteiger partial charge in [-0.3, -0.25) is 4.55 Å². The van der Waals surface area contributed by atoms with Crippen molar-refractivity contribution in [2.75, 3.05) is 0 Å². The first-order valence-electron chi connectivity index (χ1n) is 6.96. The molecular weight excluding hydrogens is 274 g/mol. The van der Waals surface area contributed by atoms with Crippen molar-refractivity contribution in [1.29, 1.82) is 0 Å². The first-order chi connectivity index (χ1) is 9.50. The van der Waals surface area contributed by atoms with Gasteiger partial charge in [0.05, 0.1) is 0 Å². The van der Waals surface area contributed by atoms with Crippen LogP contribution in [0.5, 0.6) is 0 Å². The molecule has 0 heterocycles. The molecule has 1 N–H and O–H groups in total. The Bertz CT molecular complexity index is 545. The molecule has 0 bridgehead atoms. The Morgan fingerprint density at radius 1 is 1.20 bits per heavy atom. The summed E-state index contributed by atoms with van der Waals surface area (Å²) in [6, 6.07) is 7.45. The SMILES string of the molecule is C=Cc1ccc(CN(C2CCCCC2)S(=O)(=O)O)cc1. The first-order valence-corrected chi connectivity index (χ1v) is 8.36. The molecule has 1 aliphatic carbocycles. The molecule has 5 heteroatoms. The largest absolute Gasteiger partial charge is 0.336 e. The summed E-state index contributed by atoms with van der Waals surface area (Å²) in [5.41, 5.74) is 1.86. The van der Waals surface area contributed by atoms with Gasteiger partial charge in [-0.05, 0) is 24.0 Å². The highest BCUT2D eigenvalue weighted by molar-refractivity contribution is 7.83. The minimum atomic E-state index is -4.17. The highest BCUT2D eigenvalue weighted by atomic mass is 32.2. The lowest BCUT2D eigenvalue weighted by atomic mass is 9.95. The van der Waals surface area contributed by atoms with Crippen LogP contribution in [-0.2, 0) is 16.8 Å². The third-order valence-corrected chi connectivity index (χ3v) is 4.85. The summed E-state index contributed by atoms with van der Waals surface area (Å²) in [7, 11) is -4.17. The molecular formula is C15H21NO3S. The van der Waals surface area contributed by atoms with Gasteiger partial charge >= 0.3 is 10.3 Å². The van der Waals surface area contributed by atoms with Crippen molar-refractivity contribution in [3.05, 3.63) is 42.0 Å². The van der Waals surface area contributed by atoms with Crippen LogP contribution >= 0.6 is 0 Å². The molecule has 0 aromatic heterocycles. The minimum absolute atomic E-state index is 0.0853. The fourth-order valence-corrected chi connectivity index (χ4v) is 3.61. The zero-order valence-electron chi connectivity index (χ0n) is 11.5. The van der Waals surface area contributed by atoms with Gasteiger partial charge in [0.2, 0.25) is 0 Å². The highest BCUT2D eigenvalue weighted by Gasteiger charge is 2.29. The molecule has 0 unspecified atom stereocenters. The van der Waals surface area contributed by atoms with Gasteiger partial charge < -0.3 is 0 Å². The number of nitrogens with zero attached hydrogens (tertiary/aromatic N) is 1. The lowest BCUT2D eigenvalue weighted by molar-refractivity contribution is 0.227. The third kappa shape index (κ3) is 3.91. The summed E-state index contributed by atoms with van der Waals surface area (Å²) < 4.78 is 34.0. The molecule has 0 radical (unpaired) electrons. The molecule has 1 aromatic carbocycles. The fraction of sp³-hybridized carbons (Fsp3) is 0.467. The lowest BCUT2D eigenvalue weighted by Crippen LogP contribution is -2.40. The standard InChI is InChI=1S/C15H21NO3S/c1-2-13-8-10-14(11-9-13)12-16(20(17,18)19)15-6-4-3-5-7-15/h2,8-11,15H,1,3-7,12H2,(H,17,18,19). The maximum atomic E-state index is 11.6. The van der Waals surface area contributed by atoms with E-state index in [1.165, 1.54) is 4.31 Å². The molecule has 4 nitrogen and oxygen atoms in total. The van der Waals surface area contributed by atoms with E-state index in [2.05, 4.69) is 6.58 Å². The quantitative estimate of drug-likeness (QED) is 0.848. The third-order valence-electron chi connectivity index (χ3n) is 3.83. The minimum Gasteiger partial charge on any atom is -0.273 e. The topological polar surface area (TPSA) is 57.6 Å². The predicted molar refractivity (Wildman–Crippen MR) is 80.5 cm³/mol. The second-order valence-corrected chi connectivity index (χ2v) is 6.63. The average Bonchev–Trinajstić information content (AvgIpc) is 2.45. The van der Waals surface area contributed by atoms with E-state index in [1.54, 1.807) is 6.08 Å². The monoisotopic (exact) mass is 295 g/mol. The molecule has 1 saturated carbocycles. The Balaban J connectivity index is 2.16. The van der Waals surface area contributed by atoms with Crippen LogP contribution < -0.4 is 0 Å². The van der Waals surface area contributed by atoms with Crippen molar-refractivity contribution in [3.63, 3.8) is 0 Å². The van der Waals surface area contributed by atoms with Crippen LogP contribution in [0.3, 0.4) is 0 Å². The van der Waals surface area contributed by atoms with Crippen LogP contribution in [-0.4, -0.2) is 23.3 Å². The van der Waals surface area contributed by atoms with Gasteiger partial charge in [0.1, 0.15) is 0 Å². The van der Waals surface area contributed by atoms with Crippen molar-refractivity contribution in [3.8, 4) is 0 Å². The Kier molecular flexibility index (Phi) is 4.96. The summed E-state index contributed by atoms with van der Waals surface area (Å²) >= 11 is 0. The molecule has 2 rings (SSSR count). The second-order valence-electron chi connectivity index (χ2n) is 5.26. The average molecular weight is 295 g/mol. The normalized spacial score (nSPS) is 17.3. The van der Waals surface area contributed by atoms with E-state index in [1.807, 2.05) is 24.3 Å². The summed E-state index contributed by atoms with van der Waals surface area (Å²) in [6.45, 7) is 3.91. The second kappa shape index (κ2) is 6.52. The highest BCUT2D eigenvalue weighted by Crippen LogP contribution is 2.26. The van der Waals surface area contributed by atoms with Crippen molar-refractivity contribution >= 4 is 16.4 Å². The summed E-state index contributed by atoms with van der Waals surface area (Å²) in [4.78, 5) is 0. The van der Waals surface area contributed by atoms with Crippen molar-refractivity contribution < 1.29 is 13.0 Å². The van der Waals surface area contributed by atoms with E-state index in [9.17, 15) is 13.0 Å². The Morgan fingerprint density at radius 2 is 1.80 bits per heavy atom. The van der Waals surface area contributed by atoms with E-state index in [4.69, 9.17) is 0 Å². The van der Waals surface area contributed by atoms with Gasteiger partial charge in [0.25, 0.3) is 0 Å². The number of benzene rings is 1. The summed E-state index contributed by atoms with van der Waals surface area (Å²) in [5.74, 6) is 0. The van der Waals surface area contributed by atoms with Crippen molar-refractivity contribution in [2.45, 2.75) is 44.7 Å². The van der Waals surface area contributed by atoms with E-state index in [0.29, 0.717) is 0 Å². The summed E-state index contributed by atoms with van der Waals surface area (Å²) in [6.07, 6.45) is 6.57. The van der Waals surface area contributed by atoms with Gasteiger partial charge in [-0.1, -0.05) is 56.2 Å². The Labute approximate surface area is 121 Å². The Morgan fingerprint density at radius 3 is 2.30 bits per heavy atom. The van der Waals surface area contributed by atoms with Crippen LogP contribution in [0.1, 0.15) is 43.2 Å². The molecule has 20 heavy (non-hydrogen) atoms. The van der Waals surface area contributed by atoms with Crippen LogP contribution in [0.4, 0.5) is 0 Å². The molecule has 0 aliphatic heterocycles. The van der Waals surface area contributed by atoms with Gasteiger partial charge in [-0.25, -0.2) is 0 Å². The maximum Gasteiger partial charge on any atom is 0.336 e. The molecule has 0 amide bonds. The van der Waals surface area contributed by atoms with Crippen LogP contribution in [0.15, 0.2) is 30.8 Å². The predicted octanol–water partition coefficient (Wildman–Crippen LogP) is 3.27. The Hall–Kier alpha value is -1.17. The van der Waals surface area contributed by atoms with E-state index >= 15 is 0 Å². The zero-order chi connectivity index (χ0) is 14.6. The van der Waals surface area contributed by atoms with Gasteiger partial charge in [-0.2, -0.15) is 12.7 Å². The number of hydrogen-bond acceptors (Lipinski definition) is 2. The number of rotatable bonds is 5. The fourth-order valence-electron chi connectivity index (χ4n) is 2.71. The van der Waals surface area contributed by atoms with Gasteiger partial charge in [-0.15, -0.1) is 0 Å². The van der Waals surface area contributed by atoms with E-state index < -0.39 is 10.3 Å². The maximum absolute atomic E-state index is 11.6. The number of hydrogen-bond donors (Lipinski definition) is 1. The smallest absolute Gasteiger partial charge is 0.273 e.